The number of allylic oxidation sites excluding steroid dienone is 3. The number of carbonyl (C=O) groups is 1. The molecule has 0 bridgehead atoms. The van der Waals surface area contributed by atoms with Crippen molar-refractivity contribution in [1.82, 2.24) is 0 Å². The maximum absolute atomic E-state index is 11.0. The summed E-state index contributed by atoms with van der Waals surface area (Å²) < 4.78 is 0. The smallest absolute Gasteiger partial charge is 0.332 e. The first kappa shape index (κ1) is 17.9. The van der Waals surface area contributed by atoms with Gasteiger partial charge in [0.1, 0.15) is 0 Å². The minimum Gasteiger partial charge on any atom is -0.478 e. The number of carboxylic acids is 1. The van der Waals surface area contributed by atoms with Gasteiger partial charge in [0.25, 0.3) is 0 Å². The first-order chi connectivity index (χ1) is 8.56. The zero-order valence-corrected chi connectivity index (χ0v) is 12.5. The third-order valence-corrected chi connectivity index (χ3v) is 3.84. The van der Waals surface area contributed by atoms with E-state index < -0.39 is 12.3 Å². The van der Waals surface area contributed by atoms with Crippen LogP contribution in [0.3, 0.4) is 0 Å². The lowest BCUT2D eigenvalue weighted by Crippen LogP contribution is -2.37. The van der Waals surface area contributed by atoms with E-state index in [-0.39, 0.29) is 10.8 Å². The second-order valence-corrected chi connectivity index (χ2v) is 5.86. The minimum absolute atomic E-state index is 0.102. The summed E-state index contributed by atoms with van der Waals surface area (Å²) in [4.78, 5) is 11.0. The zero-order valence-electron chi connectivity index (χ0n) is 12.5. The molecule has 0 fully saturated rings. The topological polar surface area (TPSA) is 77.8 Å². The fraction of sp³-hybridized carbons (Fsp3) is 0.667. The van der Waals surface area contributed by atoms with Crippen LogP contribution >= 0.6 is 0 Å². The predicted molar refractivity (Wildman–Crippen MR) is 75.6 cm³/mol. The van der Waals surface area contributed by atoms with Gasteiger partial charge in [-0.1, -0.05) is 59.3 Å². The highest BCUT2D eigenvalue weighted by molar-refractivity contribution is 5.89. The maximum Gasteiger partial charge on any atom is 0.332 e. The van der Waals surface area contributed by atoms with Crippen LogP contribution in [0.25, 0.3) is 0 Å². The van der Waals surface area contributed by atoms with Crippen LogP contribution in [0.1, 0.15) is 47.5 Å². The normalized spacial score (nSPS) is 19.5. The molecular weight excluding hydrogens is 244 g/mol. The fourth-order valence-electron chi connectivity index (χ4n) is 1.75. The van der Waals surface area contributed by atoms with Crippen LogP contribution in [0.5, 0.6) is 0 Å². The average Bonchev–Trinajstić information content (AvgIpc) is 2.22. The standard InChI is InChI=1S/C11H16O2.C4H10O2/c1-10(2)7-5-6-8(9(12)13)11(10,3)4;1-2-3-4(5)6/h5-7H,1-4H3,(H,12,13);4-6H,2-3H2,1H3. The molecule has 1 rings (SSSR count). The molecule has 0 spiro atoms. The highest BCUT2D eigenvalue weighted by Crippen LogP contribution is 2.47. The van der Waals surface area contributed by atoms with E-state index in [0.717, 1.165) is 6.42 Å². The molecule has 0 aromatic carbocycles. The lowest BCUT2D eigenvalue weighted by atomic mass is 9.62. The Labute approximate surface area is 115 Å². The van der Waals surface area contributed by atoms with E-state index in [1.165, 1.54) is 0 Å². The van der Waals surface area contributed by atoms with Gasteiger partial charge >= 0.3 is 5.97 Å². The summed E-state index contributed by atoms with van der Waals surface area (Å²) in [6, 6.07) is 0. The van der Waals surface area contributed by atoms with Crippen molar-refractivity contribution in [1.29, 1.82) is 0 Å². The number of hydrogen-bond donors (Lipinski definition) is 3. The van der Waals surface area contributed by atoms with E-state index in [4.69, 9.17) is 15.3 Å². The number of carboxylic acid groups (broad SMARTS) is 1. The van der Waals surface area contributed by atoms with E-state index in [2.05, 4.69) is 19.9 Å². The van der Waals surface area contributed by atoms with Crippen molar-refractivity contribution < 1.29 is 20.1 Å². The van der Waals surface area contributed by atoms with Gasteiger partial charge in [0, 0.05) is 11.0 Å². The lowest BCUT2D eigenvalue weighted by Gasteiger charge is -2.41. The van der Waals surface area contributed by atoms with E-state index in [1.54, 1.807) is 6.08 Å². The van der Waals surface area contributed by atoms with Crippen LogP contribution in [-0.2, 0) is 4.79 Å². The molecule has 0 saturated heterocycles. The summed E-state index contributed by atoms with van der Waals surface area (Å²) >= 11 is 0. The van der Waals surface area contributed by atoms with Crippen molar-refractivity contribution in [3.8, 4) is 0 Å². The molecule has 0 atom stereocenters. The van der Waals surface area contributed by atoms with Gasteiger partial charge in [0.05, 0.1) is 0 Å². The Morgan fingerprint density at radius 1 is 1.26 bits per heavy atom. The van der Waals surface area contributed by atoms with Gasteiger partial charge in [-0.15, -0.1) is 0 Å². The number of aliphatic hydroxyl groups excluding tert-OH is 1. The molecule has 4 heteroatoms. The molecule has 0 heterocycles. The van der Waals surface area contributed by atoms with Crippen LogP contribution in [0.4, 0.5) is 0 Å². The van der Waals surface area contributed by atoms with Gasteiger partial charge in [-0.25, -0.2) is 4.79 Å². The van der Waals surface area contributed by atoms with E-state index in [0.29, 0.717) is 12.0 Å². The largest absolute Gasteiger partial charge is 0.478 e. The average molecular weight is 270 g/mol. The van der Waals surface area contributed by atoms with Crippen molar-refractivity contribution in [3.05, 3.63) is 23.8 Å². The van der Waals surface area contributed by atoms with Gasteiger partial charge in [0.2, 0.25) is 0 Å². The molecule has 0 saturated carbocycles. The summed E-state index contributed by atoms with van der Waals surface area (Å²) in [6.07, 6.45) is 5.79. The number of rotatable bonds is 3. The molecule has 0 aromatic heterocycles. The fourth-order valence-corrected chi connectivity index (χ4v) is 1.75. The molecular formula is C15H26O4. The van der Waals surface area contributed by atoms with Crippen LogP contribution in [0.2, 0.25) is 0 Å². The Balaban J connectivity index is 0.000000459. The molecule has 1 aliphatic rings. The summed E-state index contributed by atoms with van der Waals surface area (Å²) in [5, 5.41) is 25.2. The Morgan fingerprint density at radius 2 is 1.79 bits per heavy atom. The van der Waals surface area contributed by atoms with Crippen molar-refractivity contribution in [2.75, 3.05) is 0 Å². The molecule has 19 heavy (non-hydrogen) atoms. The van der Waals surface area contributed by atoms with Gasteiger partial charge in [-0.2, -0.15) is 0 Å². The van der Waals surface area contributed by atoms with Crippen molar-refractivity contribution >= 4 is 5.97 Å². The Hall–Kier alpha value is -1.13. The molecule has 3 N–H and O–H groups in total. The predicted octanol–water partition coefficient (Wildman–Crippen LogP) is 2.72. The first-order valence-corrected chi connectivity index (χ1v) is 6.55. The number of aliphatic carboxylic acids is 1. The Morgan fingerprint density at radius 3 is 2.05 bits per heavy atom. The Bertz CT molecular complexity index is 362. The zero-order chi connectivity index (χ0) is 15.3. The van der Waals surface area contributed by atoms with Crippen LogP contribution in [0.15, 0.2) is 23.8 Å². The van der Waals surface area contributed by atoms with E-state index >= 15 is 0 Å². The SMILES string of the molecule is CC1(C)C=CC=C(C(=O)O)C1(C)C.CCCC(O)O. The van der Waals surface area contributed by atoms with Gasteiger partial charge in [-0.05, 0) is 11.8 Å². The molecule has 4 nitrogen and oxygen atoms in total. The van der Waals surface area contributed by atoms with Crippen molar-refractivity contribution in [3.63, 3.8) is 0 Å². The van der Waals surface area contributed by atoms with Gasteiger partial charge in [0.15, 0.2) is 6.29 Å². The van der Waals surface area contributed by atoms with E-state index in [1.807, 2.05) is 26.8 Å². The molecule has 0 amide bonds. The van der Waals surface area contributed by atoms with Gasteiger partial charge < -0.3 is 15.3 Å². The number of aliphatic hydroxyl groups is 2. The quantitative estimate of drug-likeness (QED) is 0.689. The maximum atomic E-state index is 11.0. The van der Waals surface area contributed by atoms with E-state index in [9.17, 15) is 4.79 Å². The molecule has 110 valence electrons. The van der Waals surface area contributed by atoms with Crippen LogP contribution in [0, 0.1) is 10.8 Å². The van der Waals surface area contributed by atoms with Crippen molar-refractivity contribution in [2.24, 2.45) is 10.8 Å². The lowest BCUT2D eigenvalue weighted by molar-refractivity contribution is -0.134. The summed E-state index contributed by atoms with van der Waals surface area (Å²) in [5.74, 6) is -0.817. The minimum atomic E-state index is -1.10. The number of hydrogen-bond acceptors (Lipinski definition) is 3. The van der Waals surface area contributed by atoms with Crippen molar-refractivity contribution in [2.45, 2.75) is 53.8 Å². The highest BCUT2D eigenvalue weighted by atomic mass is 16.5. The first-order valence-electron chi connectivity index (χ1n) is 6.55. The Kier molecular flexibility index (Phi) is 6.46. The second kappa shape index (κ2) is 6.87. The summed E-state index contributed by atoms with van der Waals surface area (Å²) in [7, 11) is 0. The van der Waals surface area contributed by atoms with Gasteiger partial charge in [-0.3, -0.25) is 0 Å². The monoisotopic (exact) mass is 270 g/mol. The second-order valence-electron chi connectivity index (χ2n) is 5.86. The molecule has 0 aromatic rings. The summed E-state index contributed by atoms with van der Waals surface area (Å²) in [6.45, 7) is 9.95. The van der Waals surface area contributed by atoms with Crippen LogP contribution < -0.4 is 0 Å². The molecule has 0 unspecified atom stereocenters. The molecule has 0 aliphatic heterocycles. The third kappa shape index (κ3) is 4.80. The third-order valence-electron chi connectivity index (χ3n) is 3.84. The van der Waals surface area contributed by atoms with Crippen LogP contribution in [-0.4, -0.2) is 27.6 Å². The highest BCUT2D eigenvalue weighted by Gasteiger charge is 2.42. The molecule has 0 radical (unpaired) electrons. The molecule has 1 aliphatic carbocycles. The summed E-state index contributed by atoms with van der Waals surface area (Å²) in [5.41, 5.74) is 0.0725.